The molecule has 2 rings (SSSR count). The van der Waals surface area contributed by atoms with Crippen LogP contribution in [0.5, 0.6) is 5.75 Å². The van der Waals surface area contributed by atoms with Crippen LogP contribution in [0, 0.1) is 11.8 Å². The first-order valence-corrected chi connectivity index (χ1v) is 7.16. The Hall–Kier alpha value is -1.24. The third-order valence-electron chi connectivity index (χ3n) is 4.24. The fourth-order valence-corrected chi connectivity index (χ4v) is 3.02. The number of hydrogen-bond donors (Lipinski definition) is 1. The molecule has 1 saturated carbocycles. The smallest absolute Gasteiger partial charge is 0.115 e. The summed E-state index contributed by atoms with van der Waals surface area (Å²) in [6, 6.07) is 7.66. The fraction of sp³-hybridized carbons (Fsp3) is 0.529. The molecule has 1 nitrogen and oxygen atoms in total. The van der Waals surface area contributed by atoms with Crippen LogP contribution >= 0.6 is 0 Å². The lowest BCUT2D eigenvalue weighted by Gasteiger charge is -2.27. The Balaban J connectivity index is 1.72. The van der Waals surface area contributed by atoms with E-state index >= 15 is 0 Å². The second-order valence-corrected chi connectivity index (χ2v) is 5.62. The number of allylic oxidation sites excluding steroid dienone is 1. The summed E-state index contributed by atoms with van der Waals surface area (Å²) >= 11 is 0. The van der Waals surface area contributed by atoms with Gasteiger partial charge in [-0.05, 0) is 61.6 Å². The highest BCUT2D eigenvalue weighted by Crippen LogP contribution is 2.33. The molecule has 0 aliphatic heterocycles. The van der Waals surface area contributed by atoms with Gasteiger partial charge < -0.3 is 5.11 Å². The minimum Gasteiger partial charge on any atom is -0.508 e. The monoisotopic (exact) mass is 244 g/mol. The largest absolute Gasteiger partial charge is 0.508 e. The zero-order chi connectivity index (χ0) is 12.8. The summed E-state index contributed by atoms with van der Waals surface area (Å²) in [5, 5.41) is 9.25. The topological polar surface area (TPSA) is 20.2 Å². The van der Waals surface area contributed by atoms with Gasteiger partial charge in [-0.1, -0.05) is 31.1 Å². The van der Waals surface area contributed by atoms with Crippen LogP contribution in [0.15, 0.2) is 36.9 Å². The van der Waals surface area contributed by atoms with Crippen molar-refractivity contribution in [1.82, 2.24) is 0 Å². The van der Waals surface area contributed by atoms with Gasteiger partial charge in [-0.3, -0.25) is 0 Å². The number of aromatic hydroxyl groups is 1. The molecule has 1 aliphatic rings. The summed E-state index contributed by atoms with van der Waals surface area (Å²) in [7, 11) is 0. The first-order chi connectivity index (χ1) is 8.78. The van der Waals surface area contributed by atoms with Gasteiger partial charge in [0.25, 0.3) is 0 Å². The number of aryl methyl sites for hydroxylation is 1. The van der Waals surface area contributed by atoms with Crippen LogP contribution in [0.2, 0.25) is 0 Å². The van der Waals surface area contributed by atoms with Gasteiger partial charge in [0.1, 0.15) is 5.75 Å². The summed E-state index contributed by atoms with van der Waals surface area (Å²) in [5.41, 5.74) is 1.35. The van der Waals surface area contributed by atoms with Gasteiger partial charge in [0.05, 0.1) is 0 Å². The maximum atomic E-state index is 9.25. The van der Waals surface area contributed by atoms with E-state index in [1.54, 1.807) is 12.1 Å². The second-order valence-electron chi connectivity index (χ2n) is 5.62. The van der Waals surface area contributed by atoms with E-state index in [1.807, 2.05) is 12.1 Å². The Labute approximate surface area is 111 Å². The Morgan fingerprint density at radius 1 is 1.06 bits per heavy atom. The minimum absolute atomic E-state index is 0.365. The number of hydrogen-bond acceptors (Lipinski definition) is 1. The van der Waals surface area contributed by atoms with Gasteiger partial charge in [0, 0.05) is 0 Å². The van der Waals surface area contributed by atoms with Crippen molar-refractivity contribution in [2.75, 3.05) is 0 Å². The van der Waals surface area contributed by atoms with Gasteiger partial charge >= 0.3 is 0 Å². The quantitative estimate of drug-likeness (QED) is 0.744. The molecule has 0 amide bonds. The molecule has 0 spiro atoms. The lowest BCUT2D eigenvalue weighted by molar-refractivity contribution is 0.265. The average Bonchev–Trinajstić information content (AvgIpc) is 2.40. The van der Waals surface area contributed by atoms with E-state index in [2.05, 4.69) is 12.7 Å². The lowest BCUT2D eigenvalue weighted by Crippen LogP contribution is -2.14. The summed E-state index contributed by atoms with van der Waals surface area (Å²) in [4.78, 5) is 0. The number of phenols is 1. The second kappa shape index (κ2) is 6.63. The highest BCUT2D eigenvalue weighted by atomic mass is 16.3. The predicted octanol–water partition coefficient (Wildman–Crippen LogP) is 4.71. The normalized spacial score (nSPS) is 23.8. The molecule has 0 bridgehead atoms. The Morgan fingerprint density at radius 3 is 2.28 bits per heavy atom. The van der Waals surface area contributed by atoms with Gasteiger partial charge in [-0.25, -0.2) is 0 Å². The summed E-state index contributed by atoms with van der Waals surface area (Å²) < 4.78 is 0. The van der Waals surface area contributed by atoms with E-state index in [9.17, 15) is 5.11 Å². The molecule has 98 valence electrons. The molecule has 0 atom stereocenters. The first-order valence-electron chi connectivity index (χ1n) is 7.16. The van der Waals surface area contributed by atoms with E-state index in [4.69, 9.17) is 0 Å². The molecule has 0 aromatic heterocycles. The molecule has 18 heavy (non-hydrogen) atoms. The van der Waals surface area contributed by atoms with Gasteiger partial charge in [0.15, 0.2) is 0 Å². The van der Waals surface area contributed by atoms with Crippen molar-refractivity contribution < 1.29 is 5.11 Å². The molecule has 1 fully saturated rings. The number of benzene rings is 1. The van der Waals surface area contributed by atoms with Crippen molar-refractivity contribution in [1.29, 1.82) is 0 Å². The molecule has 0 radical (unpaired) electrons. The van der Waals surface area contributed by atoms with Crippen LogP contribution in [-0.4, -0.2) is 5.11 Å². The van der Waals surface area contributed by atoms with Crippen LogP contribution in [-0.2, 0) is 6.42 Å². The molecular formula is C17H24O. The number of phenolic OH excluding ortho intramolecular Hbond substituents is 1. The van der Waals surface area contributed by atoms with Crippen LogP contribution in [0.3, 0.4) is 0 Å². The van der Waals surface area contributed by atoms with Gasteiger partial charge in [-0.2, -0.15) is 0 Å². The Morgan fingerprint density at radius 2 is 1.67 bits per heavy atom. The maximum Gasteiger partial charge on any atom is 0.115 e. The van der Waals surface area contributed by atoms with Crippen molar-refractivity contribution in [3.05, 3.63) is 42.5 Å². The van der Waals surface area contributed by atoms with Crippen LogP contribution < -0.4 is 0 Å². The van der Waals surface area contributed by atoms with Crippen molar-refractivity contribution in [2.45, 2.75) is 44.9 Å². The van der Waals surface area contributed by atoms with E-state index < -0.39 is 0 Å². The van der Waals surface area contributed by atoms with Crippen LogP contribution in [0.4, 0.5) is 0 Å². The van der Waals surface area contributed by atoms with E-state index in [1.165, 1.54) is 44.1 Å². The predicted molar refractivity (Wildman–Crippen MR) is 76.7 cm³/mol. The lowest BCUT2D eigenvalue weighted by atomic mass is 9.78. The Kier molecular flexibility index (Phi) is 4.86. The highest BCUT2D eigenvalue weighted by Gasteiger charge is 2.19. The first kappa shape index (κ1) is 13.2. The third-order valence-corrected chi connectivity index (χ3v) is 4.24. The molecular weight excluding hydrogens is 220 g/mol. The van der Waals surface area contributed by atoms with E-state index in [0.717, 1.165) is 18.3 Å². The zero-order valence-corrected chi connectivity index (χ0v) is 11.1. The summed E-state index contributed by atoms with van der Waals surface area (Å²) in [5.74, 6) is 2.16. The standard InChI is InChI=1S/C17H24O/c1-2-3-14-4-6-15(7-5-14)8-9-16-10-12-17(18)13-11-16/h2,10-15,18H,1,3-9H2. The molecule has 1 aromatic rings. The van der Waals surface area contributed by atoms with Crippen LogP contribution in [0.1, 0.15) is 44.1 Å². The van der Waals surface area contributed by atoms with E-state index in [-0.39, 0.29) is 0 Å². The molecule has 0 unspecified atom stereocenters. The average molecular weight is 244 g/mol. The minimum atomic E-state index is 0.365. The van der Waals surface area contributed by atoms with E-state index in [0.29, 0.717) is 5.75 Å². The molecule has 1 N–H and O–H groups in total. The highest BCUT2D eigenvalue weighted by molar-refractivity contribution is 5.25. The zero-order valence-electron chi connectivity index (χ0n) is 11.1. The molecule has 1 aromatic carbocycles. The SMILES string of the molecule is C=CCC1CCC(CCc2ccc(O)cc2)CC1. The fourth-order valence-electron chi connectivity index (χ4n) is 3.02. The van der Waals surface area contributed by atoms with Gasteiger partial charge in [0.2, 0.25) is 0 Å². The molecule has 1 aliphatic carbocycles. The van der Waals surface area contributed by atoms with Crippen LogP contribution in [0.25, 0.3) is 0 Å². The molecule has 0 heterocycles. The Bertz CT molecular complexity index is 358. The van der Waals surface area contributed by atoms with Crippen molar-refractivity contribution >= 4 is 0 Å². The van der Waals surface area contributed by atoms with Crippen molar-refractivity contribution in [2.24, 2.45) is 11.8 Å². The summed E-state index contributed by atoms with van der Waals surface area (Å²) in [6.45, 7) is 3.84. The third kappa shape index (κ3) is 3.90. The molecule has 0 saturated heterocycles. The molecule has 1 heteroatoms. The van der Waals surface area contributed by atoms with Crippen molar-refractivity contribution in [3.63, 3.8) is 0 Å². The van der Waals surface area contributed by atoms with Crippen molar-refractivity contribution in [3.8, 4) is 5.75 Å². The summed E-state index contributed by atoms with van der Waals surface area (Å²) in [6.07, 6.45) is 11.3. The maximum absolute atomic E-state index is 9.25. The van der Waals surface area contributed by atoms with Gasteiger partial charge in [-0.15, -0.1) is 6.58 Å². The number of rotatable bonds is 5.